The molecule has 2 rings (SSSR count). The molecule has 0 aliphatic carbocycles. The van der Waals surface area contributed by atoms with E-state index in [0.29, 0.717) is 10.6 Å². The fourth-order valence-electron chi connectivity index (χ4n) is 1.50. The lowest BCUT2D eigenvalue weighted by Crippen LogP contribution is -1.92. The van der Waals surface area contributed by atoms with Gasteiger partial charge in [-0.25, -0.2) is 0 Å². The zero-order valence-corrected chi connectivity index (χ0v) is 12.0. The summed E-state index contributed by atoms with van der Waals surface area (Å²) in [4.78, 5) is 13.0. The van der Waals surface area contributed by atoms with Crippen molar-refractivity contribution in [1.82, 2.24) is 0 Å². The van der Waals surface area contributed by atoms with Gasteiger partial charge in [0.1, 0.15) is 0 Å². The van der Waals surface area contributed by atoms with Crippen molar-refractivity contribution in [3.05, 3.63) is 76.2 Å². The number of benzene rings is 2. The maximum atomic E-state index is 11.9. The molecule has 3 heteroatoms. The zero-order valence-electron chi connectivity index (χ0n) is 10.5. The van der Waals surface area contributed by atoms with Crippen LogP contribution in [0.2, 0.25) is 5.02 Å². The Morgan fingerprint density at radius 3 is 2.32 bits per heavy atom. The Balaban J connectivity index is 1.97. The summed E-state index contributed by atoms with van der Waals surface area (Å²) < 4.78 is 0. The molecule has 0 aliphatic rings. The van der Waals surface area contributed by atoms with E-state index in [1.54, 1.807) is 30.3 Å². The van der Waals surface area contributed by atoms with Gasteiger partial charge in [-0.05, 0) is 54.8 Å². The molecule has 0 bridgehead atoms. The topological polar surface area (TPSA) is 17.1 Å². The first kappa shape index (κ1) is 13.9. The first-order valence-electron chi connectivity index (χ1n) is 5.85. The summed E-state index contributed by atoms with van der Waals surface area (Å²) in [5.41, 5.74) is 1.87. The Morgan fingerprint density at radius 2 is 1.68 bits per heavy atom. The van der Waals surface area contributed by atoms with Gasteiger partial charge < -0.3 is 0 Å². The lowest BCUT2D eigenvalue weighted by Gasteiger charge is -1.97. The highest BCUT2D eigenvalue weighted by Crippen LogP contribution is 2.19. The van der Waals surface area contributed by atoms with Crippen molar-refractivity contribution in [1.29, 1.82) is 0 Å². The lowest BCUT2D eigenvalue weighted by atomic mass is 10.1. The van der Waals surface area contributed by atoms with Crippen LogP contribution in [0.5, 0.6) is 0 Å². The summed E-state index contributed by atoms with van der Waals surface area (Å²) in [7, 11) is 0. The molecule has 0 aromatic heterocycles. The fraction of sp³-hybridized carbons (Fsp3) is 0.0625. The zero-order chi connectivity index (χ0) is 13.7. The number of carbonyl (C=O) groups excluding carboxylic acids is 1. The van der Waals surface area contributed by atoms with E-state index < -0.39 is 0 Å². The normalized spacial score (nSPS) is 10.8. The summed E-state index contributed by atoms with van der Waals surface area (Å²) >= 11 is 7.31. The van der Waals surface area contributed by atoms with Gasteiger partial charge in [-0.1, -0.05) is 41.1 Å². The molecule has 0 heterocycles. The van der Waals surface area contributed by atoms with E-state index in [1.807, 2.05) is 24.5 Å². The first-order chi connectivity index (χ1) is 9.15. The minimum atomic E-state index is -0.0173. The standard InChI is InChI=1S/C16H13ClOS/c1-12-2-8-15(9-3-12)19-11-10-16(18)13-4-6-14(17)7-5-13/h2-11H,1H3. The highest BCUT2D eigenvalue weighted by atomic mass is 35.5. The Hall–Kier alpha value is -1.51. The smallest absolute Gasteiger partial charge is 0.186 e. The number of hydrogen-bond donors (Lipinski definition) is 0. The third kappa shape index (κ3) is 4.27. The van der Waals surface area contributed by atoms with Crippen molar-refractivity contribution < 1.29 is 4.79 Å². The van der Waals surface area contributed by atoms with Crippen LogP contribution in [-0.4, -0.2) is 5.78 Å². The fourth-order valence-corrected chi connectivity index (χ4v) is 2.27. The molecular weight excluding hydrogens is 276 g/mol. The van der Waals surface area contributed by atoms with E-state index in [2.05, 4.69) is 12.1 Å². The number of aryl methyl sites for hydroxylation is 1. The highest BCUT2D eigenvalue weighted by Gasteiger charge is 2.00. The van der Waals surface area contributed by atoms with E-state index in [-0.39, 0.29) is 5.78 Å². The third-order valence-electron chi connectivity index (χ3n) is 2.57. The monoisotopic (exact) mass is 288 g/mol. The van der Waals surface area contributed by atoms with Gasteiger partial charge in [0.2, 0.25) is 0 Å². The van der Waals surface area contributed by atoms with Crippen molar-refractivity contribution >= 4 is 29.1 Å². The molecule has 0 spiro atoms. The number of carbonyl (C=O) groups is 1. The van der Waals surface area contributed by atoms with Crippen molar-refractivity contribution in [2.75, 3.05) is 0 Å². The third-order valence-corrected chi connectivity index (χ3v) is 3.64. The highest BCUT2D eigenvalue weighted by molar-refractivity contribution is 8.02. The molecule has 0 amide bonds. The summed E-state index contributed by atoms with van der Waals surface area (Å²) in [5, 5.41) is 2.44. The summed E-state index contributed by atoms with van der Waals surface area (Å²) in [6.07, 6.45) is 1.58. The Bertz CT molecular complexity index is 585. The molecule has 0 unspecified atom stereocenters. The van der Waals surface area contributed by atoms with E-state index in [9.17, 15) is 4.79 Å². The quantitative estimate of drug-likeness (QED) is 0.440. The molecule has 2 aromatic carbocycles. The molecule has 0 atom stereocenters. The van der Waals surface area contributed by atoms with Gasteiger partial charge in [-0.2, -0.15) is 0 Å². The summed E-state index contributed by atoms with van der Waals surface area (Å²) in [5.74, 6) is -0.0173. The van der Waals surface area contributed by atoms with Crippen LogP contribution in [0.25, 0.3) is 0 Å². The van der Waals surface area contributed by atoms with E-state index in [1.165, 1.54) is 17.3 Å². The summed E-state index contributed by atoms with van der Waals surface area (Å²) in [6, 6.07) is 15.1. The predicted octanol–water partition coefficient (Wildman–Crippen LogP) is 5.14. The molecule has 1 nitrogen and oxygen atoms in total. The van der Waals surface area contributed by atoms with Crippen LogP contribution >= 0.6 is 23.4 Å². The Morgan fingerprint density at radius 1 is 1.05 bits per heavy atom. The maximum Gasteiger partial charge on any atom is 0.186 e. The van der Waals surface area contributed by atoms with Crippen LogP contribution in [0.1, 0.15) is 15.9 Å². The summed E-state index contributed by atoms with van der Waals surface area (Å²) in [6.45, 7) is 2.05. The number of allylic oxidation sites excluding steroid dienone is 1. The van der Waals surface area contributed by atoms with Crippen molar-refractivity contribution in [3.8, 4) is 0 Å². The van der Waals surface area contributed by atoms with Gasteiger partial charge in [0, 0.05) is 15.5 Å². The number of hydrogen-bond acceptors (Lipinski definition) is 2. The van der Waals surface area contributed by atoms with Crippen LogP contribution in [0.4, 0.5) is 0 Å². The molecule has 0 aliphatic heterocycles. The Kier molecular flexibility index (Phi) is 4.83. The molecule has 96 valence electrons. The predicted molar refractivity (Wildman–Crippen MR) is 82.0 cm³/mol. The molecule has 2 aromatic rings. The number of ketones is 1. The number of halogens is 1. The molecule has 0 N–H and O–H groups in total. The molecular formula is C16H13ClOS. The van der Waals surface area contributed by atoms with Crippen LogP contribution in [0.15, 0.2) is 64.9 Å². The molecule has 0 radical (unpaired) electrons. The largest absolute Gasteiger partial charge is 0.289 e. The van der Waals surface area contributed by atoms with Gasteiger partial charge in [0.25, 0.3) is 0 Å². The molecule has 0 saturated carbocycles. The van der Waals surface area contributed by atoms with Crippen LogP contribution in [0.3, 0.4) is 0 Å². The SMILES string of the molecule is Cc1ccc(SC=CC(=O)c2ccc(Cl)cc2)cc1. The maximum absolute atomic E-state index is 11.9. The minimum Gasteiger partial charge on any atom is -0.289 e. The van der Waals surface area contributed by atoms with E-state index in [4.69, 9.17) is 11.6 Å². The number of rotatable bonds is 4. The van der Waals surface area contributed by atoms with Crippen molar-refractivity contribution in [2.24, 2.45) is 0 Å². The first-order valence-corrected chi connectivity index (χ1v) is 7.11. The van der Waals surface area contributed by atoms with Gasteiger partial charge in [-0.15, -0.1) is 0 Å². The second-order valence-corrected chi connectivity index (χ2v) is 5.52. The van der Waals surface area contributed by atoms with E-state index >= 15 is 0 Å². The van der Waals surface area contributed by atoms with Crippen molar-refractivity contribution in [3.63, 3.8) is 0 Å². The van der Waals surface area contributed by atoms with Gasteiger partial charge in [0.05, 0.1) is 0 Å². The number of thioether (sulfide) groups is 1. The molecule has 0 saturated heterocycles. The van der Waals surface area contributed by atoms with Gasteiger partial charge >= 0.3 is 0 Å². The van der Waals surface area contributed by atoms with Crippen LogP contribution in [0, 0.1) is 6.92 Å². The van der Waals surface area contributed by atoms with E-state index in [0.717, 1.165) is 4.90 Å². The second kappa shape index (κ2) is 6.60. The van der Waals surface area contributed by atoms with Gasteiger partial charge in [0.15, 0.2) is 5.78 Å². The lowest BCUT2D eigenvalue weighted by molar-refractivity contribution is 0.104. The van der Waals surface area contributed by atoms with Gasteiger partial charge in [-0.3, -0.25) is 4.79 Å². The molecule has 19 heavy (non-hydrogen) atoms. The average molecular weight is 289 g/mol. The van der Waals surface area contributed by atoms with Crippen molar-refractivity contribution in [2.45, 2.75) is 11.8 Å². The second-order valence-electron chi connectivity index (χ2n) is 4.10. The average Bonchev–Trinajstić information content (AvgIpc) is 2.41. The minimum absolute atomic E-state index is 0.0173. The Labute approximate surface area is 122 Å². The van der Waals surface area contributed by atoms with Crippen LogP contribution in [-0.2, 0) is 0 Å². The van der Waals surface area contributed by atoms with Crippen LogP contribution < -0.4 is 0 Å². The molecule has 0 fully saturated rings.